The highest BCUT2D eigenvalue weighted by Gasteiger charge is 2.55. The van der Waals surface area contributed by atoms with Crippen molar-refractivity contribution in [3.63, 3.8) is 0 Å². The molecule has 6 nitrogen and oxygen atoms in total. The van der Waals surface area contributed by atoms with Gasteiger partial charge < -0.3 is 24.2 Å². The van der Waals surface area contributed by atoms with Crippen molar-refractivity contribution in [2.45, 2.75) is 44.2 Å². The summed E-state index contributed by atoms with van der Waals surface area (Å²) in [7, 11) is 2.96. The van der Waals surface area contributed by atoms with E-state index in [1.807, 2.05) is 13.8 Å². The molecule has 0 aromatic rings. The van der Waals surface area contributed by atoms with E-state index in [1.165, 1.54) is 13.3 Å². The number of rotatable bonds is 2. The van der Waals surface area contributed by atoms with Crippen LogP contribution in [0.4, 0.5) is 0 Å². The second-order valence-corrected chi connectivity index (χ2v) is 4.46. The Morgan fingerprint density at radius 2 is 2.06 bits per heavy atom. The maximum Gasteiger partial charge on any atom is 0.190 e. The van der Waals surface area contributed by atoms with E-state index in [0.29, 0.717) is 4.74 Å². The van der Waals surface area contributed by atoms with Crippen molar-refractivity contribution in [2.24, 2.45) is 0 Å². The van der Waals surface area contributed by atoms with E-state index in [0.717, 1.165) is 0 Å². The molecular formula is C10H17NO5. The summed E-state index contributed by atoms with van der Waals surface area (Å²) >= 11 is 0. The third-order valence-corrected chi connectivity index (χ3v) is 2.66. The Kier molecular flexibility index (Phi) is 2.91. The van der Waals surface area contributed by atoms with E-state index in [1.54, 1.807) is 7.11 Å². The molecule has 2 heterocycles. The van der Waals surface area contributed by atoms with Crippen LogP contribution in [0.5, 0.6) is 0 Å². The van der Waals surface area contributed by atoms with Gasteiger partial charge in [0.15, 0.2) is 24.4 Å². The van der Waals surface area contributed by atoms with Gasteiger partial charge in [-0.05, 0) is 13.8 Å². The van der Waals surface area contributed by atoms with Crippen molar-refractivity contribution in [1.29, 1.82) is 0 Å². The first kappa shape index (κ1) is 11.8. The van der Waals surface area contributed by atoms with Crippen molar-refractivity contribution < 1.29 is 23.7 Å². The molecule has 0 bridgehead atoms. The molecule has 2 aliphatic rings. The van der Waals surface area contributed by atoms with Crippen LogP contribution in [0.15, 0.2) is 0 Å². The fraction of sp³-hybridized carbons (Fsp3) is 0.900. The molecule has 16 heavy (non-hydrogen) atoms. The number of ether oxygens (including phenoxy) is 4. The fourth-order valence-corrected chi connectivity index (χ4v) is 2.10. The molecule has 4 atom stereocenters. The van der Waals surface area contributed by atoms with Crippen molar-refractivity contribution in [2.75, 3.05) is 14.2 Å². The van der Waals surface area contributed by atoms with Gasteiger partial charge in [-0.1, -0.05) is 0 Å². The predicted octanol–water partition coefficient (Wildman–Crippen LogP) is 0.0887. The summed E-state index contributed by atoms with van der Waals surface area (Å²) in [6.07, 6.45) is -0.101. The number of fused-ring (bicyclic) bond motifs is 1. The molecule has 0 N–H and O–H groups in total. The van der Waals surface area contributed by atoms with Crippen molar-refractivity contribution in [1.82, 2.24) is 0 Å². The molecule has 0 aromatic heterocycles. The standard InChI is InChI=1S/C10H17NO5/c1-10(2)15-8-7(13-4)6(5-11(3)12)14-9(8)16-10/h5-9H,1-4H3/b11-5-/t6-,7+,8+,9+/m0/s1. The summed E-state index contributed by atoms with van der Waals surface area (Å²) in [5.41, 5.74) is 0. The molecule has 0 unspecified atom stereocenters. The molecular weight excluding hydrogens is 214 g/mol. The van der Waals surface area contributed by atoms with Crippen molar-refractivity contribution in [3.05, 3.63) is 5.21 Å². The zero-order valence-corrected chi connectivity index (χ0v) is 9.88. The van der Waals surface area contributed by atoms with Gasteiger partial charge in [-0.2, -0.15) is 0 Å². The van der Waals surface area contributed by atoms with Gasteiger partial charge in [0.1, 0.15) is 19.3 Å². The van der Waals surface area contributed by atoms with Crippen LogP contribution < -0.4 is 0 Å². The van der Waals surface area contributed by atoms with Gasteiger partial charge in [-0.15, -0.1) is 0 Å². The molecule has 0 aromatic carbocycles. The lowest BCUT2D eigenvalue weighted by molar-refractivity contribution is -0.421. The van der Waals surface area contributed by atoms with Crippen LogP contribution in [0.3, 0.4) is 0 Å². The maximum atomic E-state index is 11.0. The molecule has 2 saturated heterocycles. The number of methoxy groups -OCH3 is 1. The highest BCUT2D eigenvalue weighted by atomic mass is 16.8. The van der Waals surface area contributed by atoms with Gasteiger partial charge in [0.25, 0.3) is 0 Å². The minimum Gasteiger partial charge on any atom is -0.624 e. The van der Waals surface area contributed by atoms with E-state index < -0.39 is 18.2 Å². The van der Waals surface area contributed by atoms with Gasteiger partial charge in [-0.25, -0.2) is 4.74 Å². The Hall–Kier alpha value is -0.690. The number of hydroxylamine groups is 1. The van der Waals surface area contributed by atoms with Crippen LogP contribution in [-0.4, -0.2) is 55.5 Å². The minimum atomic E-state index is -0.666. The lowest BCUT2D eigenvalue weighted by Crippen LogP contribution is -2.37. The summed E-state index contributed by atoms with van der Waals surface area (Å²) in [5, 5.41) is 11.0. The number of hydrogen-bond acceptors (Lipinski definition) is 5. The minimum absolute atomic E-state index is 0.291. The first-order valence-corrected chi connectivity index (χ1v) is 5.22. The van der Waals surface area contributed by atoms with E-state index in [2.05, 4.69) is 0 Å². The number of hydrogen-bond donors (Lipinski definition) is 0. The third kappa shape index (κ3) is 2.06. The van der Waals surface area contributed by atoms with Crippen molar-refractivity contribution >= 4 is 6.21 Å². The topological polar surface area (TPSA) is 63.0 Å². The monoisotopic (exact) mass is 231 g/mol. The SMILES string of the molecule is CO[C@H]1[C@H]2OC(C)(C)O[C@H]2O[C@H]1/C=[N+](/C)[O-]. The molecule has 92 valence electrons. The van der Waals surface area contributed by atoms with Crippen molar-refractivity contribution in [3.8, 4) is 0 Å². The van der Waals surface area contributed by atoms with Crippen LogP contribution in [0.1, 0.15) is 13.8 Å². The second kappa shape index (κ2) is 3.96. The molecule has 6 heteroatoms. The molecule has 0 radical (unpaired) electrons. The van der Waals surface area contributed by atoms with Crippen LogP contribution in [0.2, 0.25) is 0 Å². The first-order valence-electron chi connectivity index (χ1n) is 5.22. The molecule has 0 spiro atoms. The highest BCUT2D eigenvalue weighted by Crippen LogP contribution is 2.37. The Labute approximate surface area is 94.3 Å². The Morgan fingerprint density at radius 1 is 1.38 bits per heavy atom. The van der Waals surface area contributed by atoms with E-state index in [9.17, 15) is 5.21 Å². The summed E-state index contributed by atoms with van der Waals surface area (Å²) in [4.78, 5) is 0. The molecule has 2 aliphatic heterocycles. The zero-order chi connectivity index (χ0) is 11.9. The molecule has 0 saturated carbocycles. The lowest BCUT2D eigenvalue weighted by atomic mass is 10.1. The van der Waals surface area contributed by atoms with Crippen LogP contribution in [0.25, 0.3) is 0 Å². The Bertz CT molecular complexity index is 300. The molecule has 2 rings (SSSR count). The summed E-state index contributed by atoms with van der Waals surface area (Å²) < 4.78 is 22.8. The van der Waals surface area contributed by atoms with Gasteiger partial charge in [0.2, 0.25) is 0 Å². The lowest BCUT2D eigenvalue weighted by Gasteiger charge is -2.22. The summed E-state index contributed by atoms with van der Waals surface area (Å²) in [6.45, 7) is 3.64. The molecule has 0 aliphatic carbocycles. The first-order chi connectivity index (χ1) is 7.43. The van der Waals surface area contributed by atoms with E-state index in [-0.39, 0.29) is 12.2 Å². The maximum absolute atomic E-state index is 11.0. The fourth-order valence-electron chi connectivity index (χ4n) is 2.10. The Balaban J connectivity index is 2.13. The third-order valence-electron chi connectivity index (χ3n) is 2.66. The van der Waals surface area contributed by atoms with Gasteiger partial charge in [-0.3, -0.25) is 0 Å². The van der Waals surface area contributed by atoms with E-state index >= 15 is 0 Å². The van der Waals surface area contributed by atoms with Crippen LogP contribution in [-0.2, 0) is 18.9 Å². The van der Waals surface area contributed by atoms with Gasteiger partial charge in [0, 0.05) is 7.11 Å². The molecule has 2 fully saturated rings. The van der Waals surface area contributed by atoms with Gasteiger partial charge >= 0.3 is 0 Å². The van der Waals surface area contributed by atoms with Crippen LogP contribution in [0, 0.1) is 5.21 Å². The zero-order valence-electron chi connectivity index (χ0n) is 9.88. The number of nitrogens with zero attached hydrogens (tertiary/aromatic N) is 1. The predicted molar refractivity (Wildman–Crippen MR) is 55.1 cm³/mol. The quantitative estimate of drug-likeness (QED) is 0.292. The largest absolute Gasteiger partial charge is 0.624 e. The normalized spacial score (nSPS) is 42.4. The molecule has 0 amide bonds. The van der Waals surface area contributed by atoms with Crippen LogP contribution >= 0.6 is 0 Å². The average Bonchev–Trinajstić information content (AvgIpc) is 2.54. The summed E-state index contributed by atoms with van der Waals surface area (Å²) in [6, 6.07) is 0. The Morgan fingerprint density at radius 3 is 2.62 bits per heavy atom. The van der Waals surface area contributed by atoms with E-state index in [4.69, 9.17) is 18.9 Å². The smallest absolute Gasteiger partial charge is 0.190 e. The summed E-state index contributed by atoms with van der Waals surface area (Å²) in [5.74, 6) is -0.666. The average molecular weight is 231 g/mol. The van der Waals surface area contributed by atoms with Gasteiger partial charge in [0.05, 0.1) is 0 Å². The second-order valence-electron chi connectivity index (χ2n) is 4.46. The highest BCUT2D eigenvalue weighted by molar-refractivity contribution is 5.59.